The van der Waals surface area contributed by atoms with Gasteiger partial charge in [0, 0.05) is 26.1 Å². The van der Waals surface area contributed by atoms with Gasteiger partial charge >= 0.3 is 35.8 Å². The summed E-state index contributed by atoms with van der Waals surface area (Å²) in [5.74, 6) is -0.591. The number of carbonyl (C=O) groups is 6. The van der Waals surface area contributed by atoms with Gasteiger partial charge in [-0.15, -0.1) is 0 Å². The molecule has 8 bridgehead atoms. The van der Waals surface area contributed by atoms with Crippen molar-refractivity contribution in [2.75, 3.05) is 27.4 Å². The molecule has 0 aromatic carbocycles. The SMILES string of the molecule is CCC(C)(CC(=O)OC12CC3CC(C1)CC(C(=O)OC)(C3)C2)C(=O)OC.CCOC(C)OC(=O)C(C)(CC)CC(=O)OC12CC3CC(C1)CC(C(=O)OC(C)OCC)(C3)C2. The maximum absolute atomic E-state index is 13.2. The summed E-state index contributed by atoms with van der Waals surface area (Å²) in [6.45, 7) is 15.2. The van der Waals surface area contributed by atoms with Gasteiger partial charge in [0.25, 0.3) is 0 Å². The summed E-state index contributed by atoms with van der Waals surface area (Å²) in [6, 6.07) is 0. The third-order valence-corrected chi connectivity index (χ3v) is 14.9. The van der Waals surface area contributed by atoms with Crippen molar-refractivity contribution in [3.8, 4) is 0 Å². The van der Waals surface area contributed by atoms with Gasteiger partial charge in [-0.25, -0.2) is 0 Å². The third-order valence-electron chi connectivity index (χ3n) is 14.9. The van der Waals surface area contributed by atoms with Crippen LogP contribution in [0.15, 0.2) is 0 Å². The average Bonchev–Trinajstić information content (AvgIpc) is 3.15. The first kappa shape index (κ1) is 47.8. The largest absolute Gasteiger partial charge is 0.469 e. The van der Waals surface area contributed by atoms with Crippen LogP contribution < -0.4 is 0 Å². The van der Waals surface area contributed by atoms with E-state index in [9.17, 15) is 28.8 Å². The van der Waals surface area contributed by atoms with Crippen molar-refractivity contribution in [1.82, 2.24) is 0 Å². The molecule has 0 aromatic heterocycles. The van der Waals surface area contributed by atoms with Gasteiger partial charge in [-0.05, 0) is 142 Å². The number of rotatable bonds is 18. The van der Waals surface area contributed by atoms with Crippen molar-refractivity contribution in [3.05, 3.63) is 0 Å². The predicted molar refractivity (Wildman–Crippen MR) is 216 cm³/mol. The summed E-state index contributed by atoms with van der Waals surface area (Å²) in [5, 5.41) is 0. The van der Waals surface area contributed by atoms with E-state index >= 15 is 0 Å². The molecular formula is C46H72O14. The zero-order valence-corrected chi connectivity index (χ0v) is 37.9. The smallest absolute Gasteiger partial charge is 0.314 e. The van der Waals surface area contributed by atoms with Crippen LogP contribution in [0.1, 0.15) is 158 Å². The first-order valence-electron chi connectivity index (χ1n) is 22.4. The van der Waals surface area contributed by atoms with Crippen molar-refractivity contribution in [2.45, 2.75) is 182 Å². The van der Waals surface area contributed by atoms with Gasteiger partial charge in [-0.2, -0.15) is 0 Å². The van der Waals surface area contributed by atoms with Gasteiger partial charge < -0.3 is 37.9 Å². The van der Waals surface area contributed by atoms with E-state index in [1.807, 2.05) is 27.7 Å². The lowest BCUT2D eigenvalue weighted by Gasteiger charge is -2.59. The van der Waals surface area contributed by atoms with E-state index in [0.29, 0.717) is 62.6 Å². The molecule has 8 fully saturated rings. The van der Waals surface area contributed by atoms with Crippen molar-refractivity contribution >= 4 is 35.8 Å². The molecule has 8 saturated carbocycles. The minimum atomic E-state index is -1.01. The van der Waals surface area contributed by atoms with Gasteiger partial charge in [-0.1, -0.05) is 13.8 Å². The van der Waals surface area contributed by atoms with Crippen molar-refractivity contribution in [1.29, 1.82) is 0 Å². The van der Waals surface area contributed by atoms with E-state index in [-0.39, 0.29) is 30.7 Å². The Bertz CT molecular complexity index is 1580. The second-order valence-corrected chi connectivity index (χ2v) is 19.8. The van der Waals surface area contributed by atoms with Gasteiger partial charge in [0.1, 0.15) is 11.2 Å². The molecule has 0 aliphatic heterocycles. The quantitative estimate of drug-likeness (QED) is 0.0751. The maximum atomic E-state index is 13.2. The van der Waals surface area contributed by atoms with Crippen LogP contribution in [0.3, 0.4) is 0 Å². The standard InChI is InChI=1S/C26H42O8.C20H30O6/c1-7-24(6,22(28)32-17(4)30-8-2)15-21(27)34-26-13-19-10-20(14-26)12-25(11-19,16-26)23(29)33-18(5)31-9-3;1-5-18(2,16(22)24-3)11-15(21)26-20-9-13-6-14(10-20)8-19(7-13,12-20)17(23)25-4/h17-20H,7-16H2,1-6H3;13-14H,5-12H2,1-4H3. The molecule has 8 aliphatic rings. The Kier molecular flexibility index (Phi) is 14.8. The molecule has 0 aromatic rings. The van der Waals surface area contributed by atoms with Crippen LogP contribution in [0.2, 0.25) is 0 Å². The fourth-order valence-electron chi connectivity index (χ4n) is 12.5. The van der Waals surface area contributed by atoms with E-state index < -0.39 is 63.4 Å². The molecule has 14 nitrogen and oxygen atoms in total. The highest BCUT2D eigenvalue weighted by molar-refractivity contribution is 5.84. The molecule has 0 N–H and O–H groups in total. The molecule has 8 atom stereocenters. The van der Waals surface area contributed by atoms with Gasteiger partial charge in [0.2, 0.25) is 0 Å². The Hall–Kier alpha value is -3.26. The van der Waals surface area contributed by atoms with Crippen LogP contribution >= 0.6 is 0 Å². The third kappa shape index (κ3) is 10.2. The first-order valence-corrected chi connectivity index (χ1v) is 22.4. The van der Waals surface area contributed by atoms with E-state index in [0.717, 1.165) is 64.2 Å². The number of esters is 6. The van der Waals surface area contributed by atoms with Crippen molar-refractivity contribution < 1.29 is 66.7 Å². The monoisotopic (exact) mass is 848 g/mol. The molecule has 60 heavy (non-hydrogen) atoms. The summed E-state index contributed by atoms with van der Waals surface area (Å²) in [4.78, 5) is 76.4. The maximum Gasteiger partial charge on any atom is 0.314 e. The van der Waals surface area contributed by atoms with Gasteiger partial charge in [0.15, 0.2) is 12.6 Å². The van der Waals surface area contributed by atoms with Crippen molar-refractivity contribution in [3.63, 3.8) is 0 Å². The van der Waals surface area contributed by atoms with Crippen LogP contribution in [-0.4, -0.2) is 87.0 Å². The molecule has 0 spiro atoms. The van der Waals surface area contributed by atoms with Crippen LogP contribution in [0, 0.1) is 45.3 Å². The van der Waals surface area contributed by atoms with Crippen LogP contribution in [0.25, 0.3) is 0 Å². The number of hydrogen-bond acceptors (Lipinski definition) is 14. The lowest BCUT2D eigenvalue weighted by molar-refractivity contribution is -0.225. The fraction of sp³-hybridized carbons (Fsp3) is 0.870. The second kappa shape index (κ2) is 18.6. The number of carbonyl (C=O) groups excluding carboxylic acids is 6. The van der Waals surface area contributed by atoms with E-state index in [2.05, 4.69) is 0 Å². The molecule has 8 aliphatic carbocycles. The predicted octanol–water partition coefficient (Wildman–Crippen LogP) is 7.55. The van der Waals surface area contributed by atoms with E-state index in [1.165, 1.54) is 14.2 Å². The zero-order valence-electron chi connectivity index (χ0n) is 37.9. The lowest BCUT2D eigenvalue weighted by Crippen LogP contribution is -2.60. The average molecular weight is 849 g/mol. The fourth-order valence-corrected chi connectivity index (χ4v) is 12.5. The summed E-state index contributed by atoms with van der Waals surface area (Å²) >= 11 is 0. The topological polar surface area (TPSA) is 176 Å². The minimum absolute atomic E-state index is 0.00151. The lowest BCUT2D eigenvalue weighted by atomic mass is 9.48. The Labute approximate surface area is 356 Å². The normalized spacial score (nSPS) is 34.7. The summed E-state index contributed by atoms with van der Waals surface area (Å²) in [7, 11) is 2.77. The van der Waals surface area contributed by atoms with Crippen LogP contribution in [0.5, 0.6) is 0 Å². The molecule has 8 rings (SSSR count). The molecule has 0 radical (unpaired) electrons. The Morgan fingerprint density at radius 2 is 0.933 bits per heavy atom. The summed E-state index contributed by atoms with van der Waals surface area (Å²) in [5.41, 5.74) is -4.28. The second-order valence-electron chi connectivity index (χ2n) is 19.8. The molecule has 14 heteroatoms. The minimum Gasteiger partial charge on any atom is -0.469 e. The first-order chi connectivity index (χ1) is 28.2. The molecule has 0 heterocycles. The molecule has 0 saturated heterocycles. The van der Waals surface area contributed by atoms with E-state index in [4.69, 9.17) is 37.9 Å². The van der Waals surface area contributed by atoms with Gasteiger partial charge in [-0.3, -0.25) is 28.8 Å². The Morgan fingerprint density at radius 1 is 0.550 bits per heavy atom. The highest BCUT2D eigenvalue weighted by Gasteiger charge is 2.64. The Balaban J connectivity index is 0.000000236. The number of hydrogen-bond donors (Lipinski definition) is 0. The highest BCUT2D eigenvalue weighted by atomic mass is 16.7. The van der Waals surface area contributed by atoms with E-state index in [1.54, 1.807) is 27.7 Å². The molecule has 0 amide bonds. The summed E-state index contributed by atoms with van der Waals surface area (Å²) in [6.07, 6.45) is 9.15. The molecule has 340 valence electrons. The van der Waals surface area contributed by atoms with Crippen LogP contribution in [-0.2, 0) is 66.7 Å². The number of methoxy groups -OCH3 is 2. The van der Waals surface area contributed by atoms with Crippen molar-refractivity contribution in [2.24, 2.45) is 45.3 Å². The molecular weight excluding hydrogens is 776 g/mol. The van der Waals surface area contributed by atoms with Crippen LogP contribution in [0.4, 0.5) is 0 Å². The molecule has 8 unspecified atom stereocenters. The zero-order chi connectivity index (χ0) is 44.3. The summed E-state index contributed by atoms with van der Waals surface area (Å²) < 4.78 is 43.9. The Morgan fingerprint density at radius 3 is 1.30 bits per heavy atom. The highest BCUT2D eigenvalue weighted by Crippen LogP contribution is 2.64. The van der Waals surface area contributed by atoms with Gasteiger partial charge in [0.05, 0.1) is 48.7 Å². The number of ether oxygens (including phenoxy) is 8.